The van der Waals surface area contributed by atoms with Gasteiger partial charge in [-0.2, -0.15) is 0 Å². The third-order valence-corrected chi connectivity index (χ3v) is 4.50. The summed E-state index contributed by atoms with van der Waals surface area (Å²) in [5.41, 5.74) is -0.659. The quantitative estimate of drug-likeness (QED) is 0.841. The van der Waals surface area contributed by atoms with Gasteiger partial charge in [-0.15, -0.1) is 0 Å². The van der Waals surface area contributed by atoms with Crippen molar-refractivity contribution in [3.05, 3.63) is 0 Å². The van der Waals surface area contributed by atoms with Crippen LogP contribution >= 0.6 is 0 Å². The zero-order chi connectivity index (χ0) is 16.3. The Kier molecular flexibility index (Phi) is 5.65. The Bertz CT molecular complexity index is 385. The molecule has 5 heteroatoms. The van der Waals surface area contributed by atoms with Crippen LogP contribution in [0.2, 0.25) is 0 Å². The summed E-state index contributed by atoms with van der Waals surface area (Å²) in [4.78, 5) is 25.1. The SMILES string of the molecule is CC(C)(CNC(=O)N1CCCC(C(C)(C)C)CC1)C(=O)O. The number of carboxylic acids is 1. The van der Waals surface area contributed by atoms with E-state index in [1.807, 2.05) is 4.90 Å². The van der Waals surface area contributed by atoms with Crippen molar-refractivity contribution in [2.24, 2.45) is 16.7 Å². The lowest BCUT2D eigenvalue weighted by atomic mass is 9.77. The summed E-state index contributed by atoms with van der Waals surface area (Å²) in [6, 6.07) is -0.140. The van der Waals surface area contributed by atoms with E-state index in [0.29, 0.717) is 5.92 Å². The van der Waals surface area contributed by atoms with Crippen LogP contribution in [0.5, 0.6) is 0 Å². The summed E-state index contributed by atoms with van der Waals surface area (Å²) in [7, 11) is 0. The lowest BCUT2D eigenvalue weighted by Crippen LogP contribution is -2.46. The molecule has 1 fully saturated rings. The van der Waals surface area contributed by atoms with Gasteiger partial charge in [0.15, 0.2) is 0 Å². The molecule has 5 nitrogen and oxygen atoms in total. The third-order valence-electron chi connectivity index (χ3n) is 4.50. The fourth-order valence-corrected chi connectivity index (χ4v) is 2.65. The van der Waals surface area contributed by atoms with Crippen molar-refractivity contribution in [1.29, 1.82) is 0 Å². The van der Waals surface area contributed by atoms with Crippen LogP contribution < -0.4 is 5.32 Å². The highest BCUT2D eigenvalue weighted by atomic mass is 16.4. The van der Waals surface area contributed by atoms with Gasteiger partial charge >= 0.3 is 12.0 Å². The van der Waals surface area contributed by atoms with E-state index < -0.39 is 11.4 Å². The van der Waals surface area contributed by atoms with Gasteiger partial charge in [-0.1, -0.05) is 20.8 Å². The van der Waals surface area contributed by atoms with Gasteiger partial charge in [0.1, 0.15) is 0 Å². The molecule has 1 unspecified atom stereocenters. The largest absolute Gasteiger partial charge is 0.481 e. The lowest BCUT2D eigenvalue weighted by molar-refractivity contribution is -0.146. The predicted molar refractivity (Wildman–Crippen MR) is 83.2 cm³/mol. The van der Waals surface area contributed by atoms with E-state index in [2.05, 4.69) is 26.1 Å². The number of amides is 2. The fraction of sp³-hybridized carbons (Fsp3) is 0.875. The number of nitrogens with one attached hydrogen (secondary N) is 1. The molecule has 21 heavy (non-hydrogen) atoms. The molecule has 1 aliphatic heterocycles. The van der Waals surface area contributed by atoms with E-state index in [1.165, 1.54) is 0 Å². The fourth-order valence-electron chi connectivity index (χ4n) is 2.65. The number of likely N-dealkylation sites (tertiary alicyclic amines) is 1. The Morgan fingerprint density at radius 1 is 1.14 bits per heavy atom. The molecule has 122 valence electrons. The summed E-state index contributed by atoms with van der Waals surface area (Å²) in [6.07, 6.45) is 3.17. The van der Waals surface area contributed by atoms with Crippen molar-refractivity contribution in [1.82, 2.24) is 10.2 Å². The van der Waals surface area contributed by atoms with E-state index in [-0.39, 0.29) is 18.0 Å². The minimum atomic E-state index is -0.935. The summed E-state index contributed by atoms with van der Waals surface area (Å²) >= 11 is 0. The van der Waals surface area contributed by atoms with Crippen LogP contribution in [-0.2, 0) is 4.79 Å². The molecular formula is C16H30N2O3. The molecule has 0 aromatic carbocycles. The molecule has 1 atom stereocenters. The van der Waals surface area contributed by atoms with Crippen molar-refractivity contribution >= 4 is 12.0 Å². The van der Waals surface area contributed by atoms with E-state index in [4.69, 9.17) is 5.11 Å². The lowest BCUT2D eigenvalue weighted by Gasteiger charge is -2.30. The average Bonchev–Trinajstić information content (AvgIpc) is 2.61. The second-order valence-corrected chi connectivity index (χ2v) is 7.83. The summed E-state index contributed by atoms with van der Waals surface area (Å²) in [5.74, 6) is -0.266. The Balaban J connectivity index is 2.51. The molecule has 0 bridgehead atoms. The van der Waals surface area contributed by atoms with Crippen LogP contribution in [0.4, 0.5) is 4.79 Å². The summed E-state index contributed by atoms with van der Waals surface area (Å²) in [5, 5.41) is 11.8. The van der Waals surface area contributed by atoms with Crippen molar-refractivity contribution in [2.45, 2.75) is 53.9 Å². The van der Waals surface area contributed by atoms with Crippen LogP contribution in [0.3, 0.4) is 0 Å². The summed E-state index contributed by atoms with van der Waals surface area (Å²) < 4.78 is 0. The summed E-state index contributed by atoms with van der Waals surface area (Å²) in [6.45, 7) is 11.7. The van der Waals surface area contributed by atoms with Gasteiger partial charge in [0.2, 0.25) is 0 Å². The predicted octanol–water partition coefficient (Wildman–Crippen LogP) is 2.96. The maximum atomic E-state index is 12.2. The Morgan fingerprint density at radius 3 is 2.29 bits per heavy atom. The standard InChI is InChI=1S/C16H30N2O3/c1-15(2,3)12-7-6-9-18(10-8-12)14(21)17-11-16(4,5)13(19)20/h12H,6-11H2,1-5H3,(H,17,21)(H,19,20). The molecule has 0 saturated carbocycles. The number of hydrogen-bond acceptors (Lipinski definition) is 2. The highest BCUT2D eigenvalue weighted by Crippen LogP contribution is 2.34. The molecule has 0 aromatic heterocycles. The van der Waals surface area contributed by atoms with Gasteiger partial charge in [-0.25, -0.2) is 4.79 Å². The van der Waals surface area contributed by atoms with E-state index in [0.717, 1.165) is 32.4 Å². The van der Waals surface area contributed by atoms with Gasteiger partial charge in [-0.05, 0) is 44.4 Å². The molecule has 0 radical (unpaired) electrons. The van der Waals surface area contributed by atoms with E-state index >= 15 is 0 Å². The first-order valence-electron chi connectivity index (χ1n) is 7.80. The van der Waals surface area contributed by atoms with Crippen molar-refractivity contribution in [3.8, 4) is 0 Å². The first-order chi connectivity index (χ1) is 9.54. The van der Waals surface area contributed by atoms with Crippen LogP contribution in [0.1, 0.15) is 53.9 Å². The molecule has 0 aliphatic carbocycles. The molecule has 0 aromatic rings. The Morgan fingerprint density at radius 2 is 1.76 bits per heavy atom. The van der Waals surface area contributed by atoms with E-state index in [9.17, 15) is 9.59 Å². The third kappa shape index (κ3) is 5.21. The topological polar surface area (TPSA) is 69.6 Å². The zero-order valence-corrected chi connectivity index (χ0v) is 14.0. The Labute approximate surface area is 128 Å². The number of carbonyl (C=O) groups excluding carboxylic acids is 1. The van der Waals surface area contributed by atoms with Crippen molar-refractivity contribution in [2.75, 3.05) is 19.6 Å². The molecular weight excluding hydrogens is 268 g/mol. The molecule has 0 spiro atoms. The highest BCUT2D eigenvalue weighted by Gasteiger charge is 2.30. The maximum absolute atomic E-state index is 12.2. The highest BCUT2D eigenvalue weighted by molar-refractivity contribution is 5.77. The van der Waals surface area contributed by atoms with Gasteiger partial charge < -0.3 is 15.3 Å². The molecule has 1 heterocycles. The van der Waals surface area contributed by atoms with Gasteiger partial charge in [-0.3, -0.25) is 4.79 Å². The molecule has 1 aliphatic rings. The van der Waals surface area contributed by atoms with E-state index in [1.54, 1.807) is 13.8 Å². The number of nitrogens with zero attached hydrogens (tertiary/aromatic N) is 1. The van der Waals surface area contributed by atoms with Crippen molar-refractivity contribution in [3.63, 3.8) is 0 Å². The number of rotatable bonds is 3. The van der Waals surface area contributed by atoms with Crippen LogP contribution in [0, 0.1) is 16.7 Å². The number of carboxylic acid groups (broad SMARTS) is 1. The van der Waals surface area contributed by atoms with Crippen LogP contribution in [0.15, 0.2) is 0 Å². The average molecular weight is 298 g/mol. The molecule has 2 N–H and O–H groups in total. The molecule has 2 amide bonds. The number of hydrogen-bond donors (Lipinski definition) is 2. The normalized spacial score (nSPS) is 20.8. The minimum Gasteiger partial charge on any atom is -0.481 e. The molecule has 1 rings (SSSR count). The second-order valence-electron chi connectivity index (χ2n) is 7.83. The number of aliphatic carboxylic acids is 1. The molecule has 1 saturated heterocycles. The number of carbonyl (C=O) groups is 2. The second kappa shape index (κ2) is 6.67. The van der Waals surface area contributed by atoms with Gasteiger partial charge in [0.25, 0.3) is 0 Å². The monoisotopic (exact) mass is 298 g/mol. The maximum Gasteiger partial charge on any atom is 0.317 e. The minimum absolute atomic E-state index is 0.140. The first kappa shape index (κ1) is 17.8. The van der Waals surface area contributed by atoms with Gasteiger partial charge in [0.05, 0.1) is 5.41 Å². The van der Waals surface area contributed by atoms with Crippen LogP contribution in [0.25, 0.3) is 0 Å². The van der Waals surface area contributed by atoms with Crippen LogP contribution in [-0.4, -0.2) is 41.6 Å². The van der Waals surface area contributed by atoms with Crippen molar-refractivity contribution < 1.29 is 14.7 Å². The smallest absolute Gasteiger partial charge is 0.317 e. The Hall–Kier alpha value is -1.26. The zero-order valence-electron chi connectivity index (χ0n) is 14.0. The van der Waals surface area contributed by atoms with Gasteiger partial charge in [0, 0.05) is 19.6 Å². The number of urea groups is 1. The first-order valence-corrected chi connectivity index (χ1v) is 7.80.